The average molecular weight is 235 g/mol. The lowest BCUT2D eigenvalue weighted by molar-refractivity contribution is -0.122. The van der Waals surface area contributed by atoms with Gasteiger partial charge in [-0.25, -0.2) is 0 Å². The van der Waals surface area contributed by atoms with Crippen molar-refractivity contribution in [2.24, 2.45) is 5.92 Å². The number of hydrogen-bond acceptors (Lipinski definition) is 2. The molecule has 4 heteroatoms. The van der Waals surface area contributed by atoms with E-state index in [-0.39, 0.29) is 24.4 Å². The van der Waals surface area contributed by atoms with Gasteiger partial charge < -0.3 is 10.6 Å². The fourth-order valence-electron chi connectivity index (χ4n) is 1.94. The first-order chi connectivity index (χ1) is 6.68. The van der Waals surface area contributed by atoms with Gasteiger partial charge >= 0.3 is 0 Å². The van der Waals surface area contributed by atoms with Crippen molar-refractivity contribution in [1.82, 2.24) is 10.6 Å². The zero-order chi connectivity index (χ0) is 10.4. The highest BCUT2D eigenvalue weighted by Gasteiger charge is 2.15. The molecule has 1 atom stereocenters. The summed E-state index contributed by atoms with van der Waals surface area (Å²) in [5, 5.41) is 6.31. The third-order valence-electron chi connectivity index (χ3n) is 2.62. The molecule has 0 bridgehead atoms. The summed E-state index contributed by atoms with van der Waals surface area (Å²) in [6, 6.07) is 0.270. The molecule has 0 spiro atoms. The van der Waals surface area contributed by atoms with Crippen molar-refractivity contribution in [2.45, 2.75) is 45.6 Å². The van der Waals surface area contributed by atoms with Crippen molar-refractivity contribution >= 4 is 18.3 Å². The molecule has 1 fully saturated rings. The van der Waals surface area contributed by atoms with Crippen LogP contribution in [0, 0.1) is 5.92 Å². The van der Waals surface area contributed by atoms with Crippen molar-refractivity contribution < 1.29 is 4.79 Å². The number of hydrogen-bond donors (Lipinski definition) is 2. The Kier molecular flexibility index (Phi) is 7.79. The van der Waals surface area contributed by atoms with Crippen LogP contribution >= 0.6 is 12.4 Å². The molecule has 1 amide bonds. The maximum Gasteiger partial charge on any atom is 0.220 e. The third kappa shape index (κ3) is 6.74. The molecular weight excluding hydrogens is 212 g/mol. The molecule has 0 radical (unpaired) electrons. The topological polar surface area (TPSA) is 41.1 Å². The highest BCUT2D eigenvalue weighted by Crippen LogP contribution is 2.17. The van der Waals surface area contributed by atoms with Gasteiger partial charge in [-0.05, 0) is 52.1 Å². The second-order valence-corrected chi connectivity index (χ2v) is 4.47. The fraction of sp³-hybridized carbons (Fsp3) is 0.909. The first-order valence-electron chi connectivity index (χ1n) is 5.68. The standard InChI is InChI=1S/C11H22N2O.ClH/c1-9(2)13-11(14)8-10-4-3-6-12-7-5-10;/h9-10,12H,3-8H2,1-2H3,(H,13,14);1H. The molecule has 2 N–H and O–H groups in total. The highest BCUT2D eigenvalue weighted by molar-refractivity contribution is 5.85. The number of nitrogens with one attached hydrogen (secondary N) is 2. The van der Waals surface area contributed by atoms with Crippen molar-refractivity contribution in [3.63, 3.8) is 0 Å². The predicted octanol–water partition coefficient (Wildman–Crippen LogP) is 1.71. The monoisotopic (exact) mass is 234 g/mol. The fourth-order valence-corrected chi connectivity index (χ4v) is 1.94. The van der Waals surface area contributed by atoms with Crippen LogP contribution in [0.25, 0.3) is 0 Å². The Morgan fingerprint density at radius 2 is 2.13 bits per heavy atom. The summed E-state index contributed by atoms with van der Waals surface area (Å²) >= 11 is 0. The third-order valence-corrected chi connectivity index (χ3v) is 2.62. The van der Waals surface area contributed by atoms with E-state index in [0.717, 1.165) is 19.5 Å². The number of rotatable bonds is 3. The molecule has 1 unspecified atom stereocenters. The SMILES string of the molecule is CC(C)NC(=O)CC1CCCNCC1.Cl. The lowest BCUT2D eigenvalue weighted by Crippen LogP contribution is -2.31. The molecule has 15 heavy (non-hydrogen) atoms. The van der Waals surface area contributed by atoms with Crippen LogP contribution in [0.15, 0.2) is 0 Å². The summed E-state index contributed by atoms with van der Waals surface area (Å²) in [7, 11) is 0. The predicted molar refractivity (Wildman–Crippen MR) is 65.4 cm³/mol. The largest absolute Gasteiger partial charge is 0.354 e. The van der Waals surface area contributed by atoms with Crippen molar-refractivity contribution in [1.29, 1.82) is 0 Å². The lowest BCUT2D eigenvalue weighted by atomic mass is 9.96. The Hall–Kier alpha value is -0.280. The summed E-state index contributed by atoms with van der Waals surface area (Å²) < 4.78 is 0. The Bertz CT molecular complexity index is 177. The summed E-state index contributed by atoms with van der Waals surface area (Å²) in [6.45, 7) is 6.20. The van der Waals surface area contributed by atoms with E-state index in [1.54, 1.807) is 0 Å². The van der Waals surface area contributed by atoms with Gasteiger partial charge in [-0.3, -0.25) is 4.79 Å². The van der Waals surface area contributed by atoms with Crippen molar-refractivity contribution in [3.8, 4) is 0 Å². The van der Waals surface area contributed by atoms with E-state index in [4.69, 9.17) is 0 Å². The minimum Gasteiger partial charge on any atom is -0.354 e. The van der Waals surface area contributed by atoms with Gasteiger partial charge in [0.1, 0.15) is 0 Å². The average Bonchev–Trinajstić information content (AvgIpc) is 2.31. The molecule has 0 aromatic heterocycles. The molecule has 1 aliphatic rings. The van der Waals surface area contributed by atoms with E-state index >= 15 is 0 Å². The van der Waals surface area contributed by atoms with Crippen LogP contribution in [-0.4, -0.2) is 25.0 Å². The molecule has 0 aliphatic carbocycles. The highest BCUT2D eigenvalue weighted by atomic mass is 35.5. The van der Waals surface area contributed by atoms with Crippen LogP contribution in [0.1, 0.15) is 39.5 Å². The smallest absolute Gasteiger partial charge is 0.220 e. The van der Waals surface area contributed by atoms with E-state index in [1.165, 1.54) is 12.8 Å². The molecule has 0 saturated carbocycles. The maximum atomic E-state index is 11.5. The van der Waals surface area contributed by atoms with E-state index in [0.29, 0.717) is 12.3 Å². The Balaban J connectivity index is 0.00000196. The van der Waals surface area contributed by atoms with Crippen molar-refractivity contribution in [3.05, 3.63) is 0 Å². The van der Waals surface area contributed by atoms with E-state index in [1.807, 2.05) is 13.8 Å². The molecule has 1 aliphatic heterocycles. The summed E-state index contributed by atoms with van der Waals surface area (Å²) in [5.41, 5.74) is 0. The van der Waals surface area contributed by atoms with E-state index < -0.39 is 0 Å². The quantitative estimate of drug-likeness (QED) is 0.781. The minimum absolute atomic E-state index is 0. The van der Waals surface area contributed by atoms with Gasteiger partial charge in [0.2, 0.25) is 5.91 Å². The number of amides is 1. The van der Waals surface area contributed by atoms with Gasteiger partial charge in [0, 0.05) is 12.5 Å². The number of carbonyl (C=O) groups excluding carboxylic acids is 1. The van der Waals surface area contributed by atoms with Crippen LogP contribution in [0.4, 0.5) is 0 Å². The van der Waals surface area contributed by atoms with Gasteiger partial charge in [0.15, 0.2) is 0 Å². The molecule has 1 rings (SSSR count). The first-order valence-corrected chi connectivity index (χ1v) is 5.68. The summed E-state index contributed by atoms with van der Waals surface area (Å²) in [4.78, 5) is 11.5. The Labute approximate surface area is 98.8 Å². The second kappa shape index (κ2) is 7.94. The van der Waals surface area contributed by atoms with Crippen molar-refractivity contribution in [2.75, 3.05) is 13.1 Å². The number of carbonyl (C=O) groups is 1. The molecule has 0 aromatic rings. The lowest BCUT2D eigenvalue weighted by Gasteiger charge is -2.14. The van der Waals surface area contributed by atoms with E-state index in [2.05, 4.69) is 10.6 Å². The molecule has 0 aromatic carbocycles. The van der Waals surface area contributed by atoms with Crippen LogP contribution < -0.4 is 10.6 Å². The van der Waals surface area contributed by atoms with Gasteiger partial charge in [-0.1, -0.05) is 0 Å². The van der Waals surface area contributed by atoms with Gasteiger partial charge in [-0.2, -0.15) is 0 Å². The normalized spacial score (nSPS) is 21.7. The molecule has 1 heterocycles. The number of halogens is 1. The van der Waals surface area contributed by atoms with E-state index in [9.17, 15) is 4.79 Å². The summed E-state index contributed by atoms with van der Waals surface area (Å²) in [5.74, 6) is 0.802. The van der Waals surface area contributed by atoms with Crippen LogP contribution in [0.3, 0.4) is 0 Å². The first kappa shape index (κ1) is 14.7. The van der Waals surface area contributed by atoms with Crippen LogP contribution in [0.5, 0.6) is 0 Å². The second-order valence-electron chi connectivity index (χ2n) is 4.47. The molecule has 3 nitrogen and oxygen atoms in total. The van der Waals surface area contributed by atoms with Gasteiger partial charge in [0.05, 0.1) is 0 Å². The molecule has 90 valence electrons. The zero-order valence-corrected chi connectivity index (χ0v) is 10.5. The summed E-state index contributed by atoms with van der Waals surface area (Å²) in [6.07, 6.45) is 4.25. The zero-order valence-electron chi connectivity index (χ0n) is 9.71. The Morgan fingerprint density at radius 3 is 2.80 bits per heavy atom. The molecular formula is C11H23ClN2O. The van der Waals surface area contributed by atoms with Gasteiger partial charge in [0.25, 0.3) is 0 Å². The molecule has 1 saturated heterocycles. The van der Waals surface area contributed by atoms with Crippen LogP contribution in [-0.2, 0) is 4.79 Å². The maximum absolute atomic E-state index is 11.5. The Morgan fingerprint density at radius 1 is 1.40 bits per heavy atom. The minimum atomic E-state index is 0. The van der Waals surface area contributed by atoms with Crippen LogP contribution in [0.2, 0.25) is 0 Å². The van der Waals surface area contributed by atoms with Gasteiger partial charge in [-0.15, -0.1) is 12.4 Å².